The number of rotatable bonds is 4. The first-order chi connectivity index (χ1) is 9.67. The summed E-state index contributed by atoms with van der Waals surface area (Å²) in [6.45, 7) is 1.72. The summed E-state index contributed by atoms with van der Waals surface area (Å²) in [7, 11) is -4.66. The molecule has 0 spiro atoms. The summed E-state index contributed by atoms with van der Waals surface area (Å²) in [6, 6.07) is 4.10. The van der Waals surface area contributed by atoms with Gasteiger partial charge in [0, 0.05) is 31.0 Å². The van der Waals surface area contributed by atoms with Crippen LogP contribution in [-0.4, -0.2) is 31.5 Å². The molecule has 2 rings (SSSR count). The van der Waals surface area contributed by atoms with E-state index in [0.29, 0.717) is 11.3 Å². The predicted octanol–water partition coefficient (Wildman–Crippen LogP) is 1.56. The monoisotopic (exact) mass is 316 g/mol. The molecular formula is C12H13FN2O5S. The highest BCUT2D eigenvalue weighted by atomic mass is 32.3. The standard InChI is InChI=1S/C12H13FN2O5S/c1-8-2-3-10(15(17)18)5-11(8)14-6-9(4-12(14)16)7-21(13,19)20/h2-3,5,9H,4,6-7H2,1H3. The number of hydrogen-bond acceptors (Lipinski definition) is 5. The second-order valence-electron chi connectivity index (χ2n) is 5.01. The van der Waals surface area contributed by atoms with Crippen LogP contribution in [0.4, 0.5) is 15.3 Å². The van der Waals surface area contributed by atoms with Crippen LogP contribution in [-0.2, 0) is 15.0 Å². The van der Waals surface area contributed by atoms with Crippen LogP contribution in [0.15, 0.2) is 18.2 Å². The van der Waals surface area contributed by atoms with Crippen LogP contribution >= 0.6 is 0 Å². The van der Waals surface area contributed by atoms with Crippen molar-refractivity contribution in [2.75, 3.05) is 17.2 Å². The summed E-state index contributed by atoms with van der Waals surface area (Å²) >= 11 is 0. The molecule has 1 heterocycles. The molecule has 1 aliphatic rings. The van der Waals surface area contributed by atoms with Crippen LogP contribution in [0.1, 0.15) is 12.0 Å². The molecule has 1 amide bonds. The summed E-state index contributed by atoms with van der Waals surface area (Å²) in [5.74, 6) is -1.73. The molecule has 21 heavy (non-hydrogen) atoms. The highest BCUT2D eigenvalue weighted by Crippen LogP contribution is 2.31. The summed E-state index contributed by atoms with van der Waals surface area (Å²) < 4.78 is 34.0. The maximum Gasteiger partial charge on any atom is 0.302 e. The highest BCUT2D eigenvalue weighted by molar-refractivity contribution is 7.86. The molecule has 9 heteroatoms. The van der Waals surface area contributed by atoms with E-state index < -0.39 is 26.8 Å². The van der Waals surface area contributed by atoms with Crippen molar-refractivity contribution in [3.63, 3.8) is 0 Å². The van der Waals surface area contributed by atoms with E-state index in [1.807, 2.05) is 0 Å². The van der Waals surface area contributed by atoms with Crippen LogP contribution < -0.4 is 4.90 Å². The Hall–Kier alpha value is -2.03. The first kappa shape index (κ1) is 15.4. The van der Waals surface area contributed by atoms with Gasteiger partial charge in [-0.05, 0) is 12.5 Å². The van der Waals surface area contributed by atoms with Crippen LogP contribution in [0.2, 0.25) is 0 Å². The molecule has 0 bridgehead atoms. The van der Waals surface area contributed by atoms with E-state index in [1.165, 1.54) is 23.1 Å². The van der Waals surface area contributed by atoms with Crippen LogP contribution in [0.3, 0.4) is 0 Å². The van der Waals surface area contributed by atoms with Gasteiger partial charge in [-0.3, -0.25) is 14.9 Å². The molecule has 1 atom stereocenters. The molecule has 0 N–H and O–H groups in total. The number of nitro groups is 1. The first-order valence-electron chi connectivity index (χ1n) is 6.15. The van der Waals surface area contributed by atoms with Crippen molar-refractivity contribution in [2.45, 2.75) is 13.3 Å². The summed E-state index contributed by atoms with van der Waals surface area (Å²) in [4.78, 5) is 23.4. The van der Waals surface area contributed by atoms with Gasteiger partial charge >= 0.3 is 10.2 Å². The van der Waals surface area contributed by atoms with Gasteiger partial charge in [-0.15, -0.1) is 3.89 Å². The minimum atomic E-state index is -4.66. The Morgan fingerprint density at radius 3 is 2.71 bits per heavy atom. The topological polar surface area (TPSA) is 97.6 Å². The third kappa shape index (κ3) is 3.54. The normalized spacial score (nSPS) is 19.0. The van der Waals surface area contributed by atoms with E-state index >= 15 is 0 Å². The largest absolute Gasteiger partial charge is 0.312 e. The molecule has 0 radical (unpaired) electrons. The average molecular weight is 316 g/mol. The third-order valence-electron chi connectivity index (χ3n) is 3.33. The Morgan fingerprint density at radius 2 is 2.14 bits per heavy atom. The Morgan fingerprint density at radius 1 is 1.48 bits per heavy atom. The fourth-order valence-corrected chi connectivity index (χ4v) is 3.20. The van der Waals surface area contributed by atoms with Gasteiger partial charge in [0.2, 0.25) is 5.91 Å². The minimum Gasteiger partial charge on any atom is -0.312 e. The van der Waals surface area contributed by atoms with E-state index in [9.17, 15) is 27.2 Å². The molecule has 0 aliphatic carbocycles. The molecule has 1 fully saturated rings. The molecule has 0 saturated carbocycles. The fraction of sp³-hybridized carbons (Fsp3) is 0.417. The van der Waals surface area contributed by atoms with E-state index in [-0.39, 0.29) is 24.6 Å². The summed E-state index contributed by atoms with van der Waals surface area (Å²) in [5.41, 5.74) is 0.843. The maximum absolute atomic E-state index is 12.7. The van der Waals surface area contributed by atoms with Crippen molar-refractivity contribution in [1.29, 1.82) is 0 Å². The van der Waals surface area contributed by atoms with E-state index in [2.05, 4.69) is 0 Å². The number of benzene rings is 1. The number of nitrogens with zero attached hydrogens (tertiary/aromatic N) is 2. The number of halogens is 1. The summed E-state index contributed by atoms with van der Waals surface area (Å²) in [5, 5.41) is 10.8. The van der Waals surface area contributed by atoms with Gasteiger partial charge in [0.15, 0.2) is 0 Å². The van der Waals surface area contributed by atoms with Crippen molar-refractivity contribution in [2.24, 2.45) is 5.92 Å². The quantitative estimate of drug-likeness (QED) is 0.477. The van der Waals surface area contributed by atoms with Crippen molar-refractivity contribution < 1.29 is 22.0 Å². The molecule has 1 unspecified atom stereocenters. The molecular weight excluding hydrogens is 303 g/mol. The Labute approximate surface area is 120 Å². The number of hydrogen-bond donors (Lipinski definition) is 0. The van der Waals surface area contributed by atoms with Crippen LogP contribution in [0.25, 0.3) is 0 Å². The Bertz CT molecular complexity index is 704. The van der Waals surface area contributed by atoms with Gasteiger partial charge in [-0.25, -0.2) is 0 Å². The lowest BCUT2D eigenvalue weighted by molar-refractivity contribution is -0.384. The zero-order valence-electron chi connectivity index (χ0n) is 11.2. The molecule has 1 aliphatic heterocycles. The molecule has 1 saturated heterocycles. The molecule has 114 valence electrons. The second kappa shape index (κ2) is 5.40. The molecule has 1 aromatic rings. The van der Waals surface area contributed by atoms with Gasteiger partial charge in [-0.2, -0.15) is 8.42 Å². The maximum atomic E-state index is 12.7. The Kier molecular flexibility index (Phi) is 3.95. The number of nitro benzene ring substituents is 1. The van der Waals surface area contributed by atoms with Gasteiger partial charge in [0.25, 0.3) is 5.69 Å². The van der Waals surface area contributed by atoms with E-state index in [4.69, 9.17) is 0 Å². The van der Waals surface area contributed by atoms with Crippen molar-refractivity contribution in [3.05, 3.63) is 33.9 Å². The lowest BCUT2D eigenvalue weighted by Gasteiger charge is -2.18. The number of aryl methyl sites for hydroxylation is 1. The van der Waals surface area contributed by atoms with Crippen molar-refractivity contribution >= 4 is 27.5 Å². The highest BCUT2D eigenvalue weighted by Gasteiger charge is 2.34. The third-order valence-corrected chi connectivity index (χ3v) is 4.20. The molecule has 1 aromatic carbocycles. The Balaban J connectivity index is 2.28. The van der Waals surface area contributed by atoms with Crippen LogP contribution in [0.5, 0.6) is 0 Å². The fourth-order valence-electron chi connectivity index (χ4n) is 2.41. The number of carbonyl (C=O) groups excluding carboxylic acids is 1. The number of anilines is 1. The van der Waals surface area contributed by atoms with E-state index in [0.717, 1.165) is 0 Å². The zero-order chi connectivity index (χ0) is 15.8. The number of amides is 1. The minimum absolute atomic E-state index is 0.0317. The predicted molar refractivity (Wildman–Crippen MR) is 73.2 cm³/mol. The average Bonchev–Trinajstić information content (AvgIpc) is 2.67. The zero-order valence-corrected chi connectivity index (χ0v) is 12.0. The van der Waals surface area contributed by atoms with E-state index in [1.54, 1.807) is 6.92 Å². The van der Waals surface area contributed by atoms with Crippen LogP contribution in [0, 0.1) is 23.0 Å². The number of carbonyl (C=O) groups is 1. The van der Waals surface area contributed by atoms with Gasteiger partial charge in [0.05, 0.1) is 16.4 Å². The number of non-ortho nitro benzene ring substituents is 1. The molecule has 7 nitrogen and oxygen atoms in total. The van der Waals surface area contributed by atoms with Gasteiger partial charge < -0.3 is 4.90 Å². The summed E-state index contributed by atoms with van der Waals surface area (Å²) in [6.07, 6.45) is -0.0920. The van der Waals surface area contributed by atoms with Crippen molar-refractivity contribution in [3.8, 4) is 0 Å². The SMILES string of the molecule is Cc1ccc([N+](=O)[O-])cc1N1CC(CS(=O)(=O)F)CC1=O. The smallest absolute Gasteiger partial charge is 0.302 e. The lowest BCUT2D eigenvalue weighted by atomic mass is 10.1. The van der Waals surface area contributed by atoms with Crippen molar-refractivity contribution in [1.82, 2.24) is 0 Å². The van der Waals surface area contributed by atoms with Gasteiger partial charge in [-0.1, -0.05) is 6.07 Å². The molecule has 0 aromatic heterocycles. The first-order valence-corrected chi connectivity index (χ1v) is 7.70. The lowest BCUT2D eigenvalue weighted by Crippen LogP contribution is -2.26. The van der Waals surface area contributed by atoms with Gasteiger partial charge in [0.1, 0.15) is 0 Å². The second-order valence-corrected chi connectivity index (χ2v) is 6.42.